The molecule has 1 aromatic carbocycles. The van der Waals surface area contributed by atoms with E-state index in [0.29, 0.717) is 17.4 Å². The van der Waals surface area contributed by atoms with E-state index in [2.05, 4.69) is 0 Å². The van der Waals surface area contributed by atoms with Gasteiger partial charge in [0.2, 0.25) is 0 Å². The summed E-state index contributed by atoms with van der Waals surface area (Å²) in [5.41, 5.74) is 6.62. The summed E-state index contributed by atoms with van der Waals surface area (Å²) in [6.45, 7) is 0.545. The molecule has 0 aliphatic carbocycles. The lowest BCUT2D eigenvalue weighted by Crippen LogP contribution is -2.20. The SMILES string of the molecule is N[C@@H]1CCOc2c(O)cc(Cl)cc21. The van der Waals surface area contributed by atoms with Crippen LogP contribution in [0.4, 0.5) is 0 Å². The lowest BCUT2D eigenvalue weighted by molar-refractivity contribution is 0.255. The maximum atomic E-state index is 9.49. The molecule has 4 heteroatoms. The van der Waals surface area contributed by atoms with Crippen molar-refractivity contribution in [3.05, 3.63) is 22.7 Å². The summed E-state index contributed by atoms with van der Waals surface area (Å²) in [4.78, 5) is 0. The average Bonchev–Trinajstić information content (AvgIpc) is 2.07. The van der Waals surface area contributed by atoms with Gasteiger partial charge in [0.15, 0.2) is 11.5 Å². The van der Waals surface area contributed by atoms with Crippen molar-refractivity contribution < 1.29 is 9.84 Å². The number of aromatic hydroxyl groups is 1. The van der Waals surface area contributed by atoms with Crippen LogP contribution in [0, 0.1) is 0 Å². The van der Waals surface area contributed by atoms with Gasteiger partial charge in [-0.3, -0.25) is 0 Å². The van der Waals surface area contributed by atoms with Crippen molar-refractivity contribution in [2.45, 2.75) is 12.5 Å². The highest BCUT2D eigenvalue weighted by Gasteiger charge is 2.21. The van der Waals surface area contributed by atoms with Gasteiger partial charge in [-0.1, -0.05) is 11.6 Å². The molecule has 0 radical (unpaired) electrons. The summed E-state index contributed by atoms with van der Waals surface area (Å²) in [6.07, 6.45) is 0.757. The van der Waals surface area contributed by atoms with Crippen LogP contribution in [0.5, 0.6) is 11.5 Å². The average molecular weight is 200 g/mol. The fraction of sp³-hybridized carbons (Fsp3) is 0.333. The molecule has 13 heavy (non-hydrogen) atoms. The molecule has 0 spiro atoms. The lowest BCUT2D eigenvalue weighted by Gasteiger charge is -2.23. The summed E-state index contributed by atoms with van der Waals surface area (Å²) < 4.78 is 5.29. The van der Waals surface area contributed by atoms with E-state index in [-0.39, 0.29) is 11.8 Å². The van der Waals surface area contributed by atoms with Crippen LogP contribution in [0.1, 0.15) is 18.0 Å². The number of hydrogen-bond donors (Lipinski definition) is 2. The molecule has 1 aliphatic heterocycles. The molecule has 0 bridgehead atoms. The van der Waals surface area contributed by atoms with Crippen LogP contribution in [0.15, 0.2) is 12.1 Å². The van der Waals surface area contributed by atoms with Crippen LogP contribution < -0.4 is 10.5 Å². The van der Waals surface area contributed by atoms with Crippen molar-refractivity contribution in [1.82, 2.24) is 0 Å². The summed E-state index contributed by atoms with van der Waals surface area (Å²) in [6, 6.07) is 3.10. The number of fused-ring (bicyclic) bond motifs is 1. The summed E-state index contributed by atoms with van der Waals surface area (Å²) in [5, 5.41) is 9.97. The quantitative estimate of drug-likeness (QED) is 0.670. The number of phenols is 1. The topological polar surface area (TPSA) is 55.5 Å². The van der Waals surface area contributed by atoms with Gasteiger partial charge in [-0.05, 0) is 6.07 Å². The van der Waals surface area contributed by atoms with Crippen molar-refractivity contribution in [3.8, 4) is 11.5 Å². The maximum absolute atomic E-state index is 9.49. The van der Waals surface area contributed by atoms with Gasteiger partial charge in [-0.25, -0.2) is 0 Å². The Morgan fingerprint density at radius 3 is 3.08 bits per heavy atom. The Hall–Kier alpha value is -0.930. The van der Waals surface area contributed by atoms with Gasteiger partial charge in [0.25, 0.3) is 0 Å². The van der Waals surface area contributed by atoms with Crippen molar-refractivity contribution in [1.29, 1.82) is 0 Å². The zero-order valence-electron chi connectivity index (χ0n) is 6.96. The van der Waals surface area contributed by atoms with E-state index in [4.69, 9.17) is 22.1 Å². The second-order valence-corrected chi connectivity index (χ2v) is 3.52. The van der Waals surface area contributed by atoms with Crippen LogP contribution in [0.2, 0.25) is 5.02 Å². The number of hydrogen-bond acceptors (Lipinski definition) is 3. The minimum atomic E-state index is -0.0895. The minimum absolute atomic E-state index is 0.0673. The summed E-state index contributed by atoms with van der Waals surface area (Å²) in [5.74, 6) is 0.542. The van der Waals surface area contributed by atoms with Gasteiger partial charge in [0.05, 0.1) is 6.61 Å². The molecule has 3 nitrogen and oxygen atoms in total. The molecule has 0 unspecified atom stereocenters. The van der Waals surface area contributed by atoms with E-state index in [0.717, 1.165) is 12.0 Å². The molecule has 1 aliphatic rings. The Balaban J connectivity index is 2.56. The highest BCUT2D eigenvalue weighted by molar-refractivity contribution is 6.30. The van der Waals surface area contributed by atoms with E-state index in [1.165, 1.54) is 6.07 Å². The Kier molecular flexibility index (Phi) is 2.06. The number of ether oxygens (including phenoxy) is 1. The Labute approximate surface area is 81.1 Å². The van der Waals surface area contributed by atoms with E-state index < -0.39 is 0 Å². The standard InChI is InChI=1S/C9H10ClNO2/c10-5-3-6-7(11)1-2-13-9(6)8(12)4-5/h3-4,7,12H,1-2,11H2/t7-/m1/s1. The molecule has 0 aromatic heterocycles. The number of rotatable bonds is 0. The Morgan fingerprint density at radius 1 is 1.54 bits per heavy atom. The first kappa shape index (κ1) is 8.66. The van der Waals surface area contributed by atoms with Crippen LogP contribution >= 0.6 is 11.6 Å². The molecular weight excluding hydrogens is 190 g/mol. The van der Waals surface area contributed by atoms with Crippen LogP contribution in [-0.4, -0.2) is 11.7 Å². The van der Waals surface area contributed by atoms with Crippen LogP contribution in [-0.2, 0) is 0 Å². The fourth-order valence-corrected chi connectivity index (χ4v) is 1.70. The third kappa shape index (κ3) is 1.45. The largest absolute Gasteiger partial charge is 0.504 e. The predicted octanol–water partition coefficient (Wildman–Crippen LogP) is 1.83. The van der Waals surface area contributed by atoms with Crippen molar-refractivity contribution >= 4 is 11.6 Å². The first-order chi connectivity index (χ1) is 6.18. The first-order valence-corrected chi connectivity index (χ1v) is 4.47. The molecule has 0 saturated carbocycles. The van der Waals surface area contributed by atoms with Crippen LogP contribution in [0.25, 0.3) is 0 Å². The maximum Gasteiger partial charge on any atom is 0.165 e. The summed E-state index contributed by atoms with van der Waals surface area (Å²) >= 11 is 5.78. The van der Waals surface area contributed by atoms with E-state index in [1.54, 1.807) is 6.07 Å². The normalized spacial score (nSPS) is 20.6. The van der Waals surface area contributed by atoms with Crippen LogP contribution in [0.3, 0.4) is 0 Å². The molecule has 2 rings (SSSR count). The number of halogens is 1. The first-order valence-electron chi connectivity index (χ1n) is 4.09. The van der Waals surface area contributed by atoms with Crippen molar-refractivity contribution in [3.63, 3.8) is 0 Å². The minimum Gasteiger partial charge on any atom is -0.504 e. The second kappa shape index (κ2) is 3.09. The summed E-state index contributed by atoms with van der Waals surface area (Å²) in [7, 11) is 0. The number of nitrogens with two attached hydrogens (primary N) is 1. The highest BCUT2D eigenvalue weighted by atomic mass is 35.5. The third-order valence-corrected chi connectivity index (χ3v) is 2.36. The third-order valence-electron chi connectivity index (χ3n) is 2.14. The molecule has 0 saturated heterocycles. The molecule has 70 valence electrons. The highest BCUT2D eigenvalue weighted by Crippen LogP contribution is 2.39. The predicted molar refractivity (Wildman–Crippen MR) is 50.2 cm³/mol. The van der Waals surface area contributed by atoms with E-state index in [1.807, 2.05) is 0 Å². The number of benzene rings is 1. The van der Waals surface area contributed by atoms with Gasteiger partial charge in [-0.15, -0.1) is 0 Å². The van der Waals surface area contributed by atoms with Gasteiger partial charge >= 0.3 is 0 Å². The van der Waals surface area contributed by atoms with E-state index >= 15 is 0 Å². The fourth-order valence-electron chi connectivity index (χ4n) is 1.48. The molecule has 0 fully saturated rings. The zero-order chi connectivity index (χ0) is 9.42. The van der Waals surface area contributed by atoms with Crippen molar-refractivity contribution in [2.24, 2.45) is 5.73 Å². The molecule has 3 N–H and O–H groups in total. The monoisotopic (exact) mass is 199 g/mol. The zero-order valence-corrected chi connectivity index (χ0v) is 7.71. The van der Waals surface area contributed by atoms with Gasteiger partial charge in [-0.2, -0.15) is 0 Å². The van der Waals surface area contributed by atoms with E-state index in [9.17, 15) is 5.11 Å². The Morgan fingerprint density at radius 2 is 2.31 bits per heavy atom. The number of phenolic OH excluding ortho intramolecular Hbond substituents is 1. The molecule has 0 amide bonds. The lowest BCUT2D eigenvalue weighted by atomic mass is 10.0. The van der Waals surface area contributed by atoms with Gasteiger partial charge < -0.3 is 15.6 Å². The Bertz CT molecular complexity index is 341. The molecular formula is C9H10ClNO2. The van der Waals surface area contributed by atoms with Crippen molar-refractivity contribution in [2.75, 3.05) is 6.61 Å². The van der Waals surface area contributed by atoms with Gasteiger partial charge in [0, 0.05) is 29.1 Å². The molecule has 1 atom stereocenters. The molecule has 1 aromatic rings. The second-order valence-electron chi connectivity index (χ2n) is 3.09. The smallest absolute Gasteiger partial charge is 0.165 e. The molecule has 1 heterocycles. The van der Waals surface area contributed by atoms with Gasteiger partial charge in [0.1, 0.15) is 0 Å².